The van der Waals surface area contributed by atoms with E-state index in [1.165, 1.54) is 0 Å². The van der Waals surface area contributed by atoms with E-state index in [-0.39, 0.29) is 18.7 Å². The fourth-order valence-corrected chi connectivity index (χ4v) is 3.06. The number of hydrogen-bond donors (Lipinski definition) is 1. The Labute approximate surface area is 129 Å². The first kappa shape index (κ1) is 18.0. The molecular formula is C17H31NO3. The molecule has 1 amide bonds. The number of carbonyl (C=O) groups is 1. The maximum atomic E-state index is 12.3. The van der Waals surface area contributed by atoms with Crippen molar-refractivity contribution in [1.29, 1.82) is 0 Å². The minimum Gasteiger partial charge on any atom is -0.444 e. The molecule has 0 aromatic rings. The highest BCUT2D eigenvalue weighted by Crippen LogP contribution is 2.33. The van der Waals surface area contributed by atoms with Crippen molar-refractivity contribution in [1.82, 2.24) is 4.90 Å². The van der Waals surface area contributed by atoms with Crippen LogP contribution in [-0.4, -0.2) is 41.4 Å². The van der Waals surface area contributed by atoms with E-state index in [2.05, 4.69) is 6.58 Å². The Bertz CT molecular complexity index is 340. The molecule has 4 heteroatoms. The molecule has 0 bridgehead atoms. The maximum absolute atomic E-state index is 12.3. The molecule has 0 heterocycles. The molecular weight excluding hydrogens is 266 g/mol. The van der Waals surface area contributed by atoms with E-state index in [0.717, 1.165) is 32.1 Å². The molecule has 1 atom stereocenters. The second kappa shape index (κ2) is 7.83. The van der Waals surface area contributed by atoms with Crippen molar-refractivity contribution >= 4 is 6.09 Å². The topological polar surface area (TPSA) is 49.8 Å². The standard InChI is InChI=1S/C17H31NO3/c1-6-7-15(14-10-8-13(12-19)9-11-14)18(5)16(20)21-17(2,3)4/h6,13-15,19H,1,7-12H2,2-5H3/t13?,14?,15-/m1/s1. The smallest absolute Gasteiger partial charge is 0.410 e. The lowest BCUT2D eigenvalue weighted by molar-refractivity contribution is 0.0123. The van der Waals surface area contributed by atoms with E-state index in [9.17, 15) is 9.90 Å². The number of hydrogen-bond acceptors (Lipinski definition) is 3. The van der Waals surface area contributed by atoms with Crippen LogP contribution < -0.4 is 0 Å². The highest BCUT2D eigenvalue weighted by molar-refractivity contribution is 5.68. The van der Waals surface area contributed by atoms with Gasteiger partial charge in [0.1, 0.15) is 5.60 Å². The molecule has 122 valence electrons. The molecule has 0 saturated heterocycles. The predicted molar refractivity (Wildman–Crippen MR) is 85.1 cm³/mol. The minimum absolute atomic E-state index is 0.136. The summed E-state index contributed by atoms with van der Waals surface area (Å²) >= 11 is 0. The number of rotatable bonds is 5. The van der Waals surface area contributed by atoms with Gasteiger partial charge < -0.3 is 14.7 Å². The van der Waals surface area contributed by atoms with Crippen LogP contribution in [-0.2, 0) is 4.74 Å². The summed E-state index contributed by atoms with van der Waals surface area (Å²) in [5.41, 5.74) is -0.474. The first-order valence-electron chi connectivity index (χ1n) is 7.96. The Morgan fingerprint density at radius 3 is 2.38 bits per heavy atom. The van der Waals surface area contributed by atoms with Crippen LogP contribution in [0.2, 0.25) is 0 Å². The van der Waals surface area contributed by atoms with Gasteiger partial charge in [0.25, 0.3) is 0 Å². The van der Waals surface area contributed by atoms with Crippen molar-refractivity contribution < 1.29 is 14.6 Å². The van der Waals surface area contributed by atoms with Crippen LogP contribution in [0.15, 0.2) is 12.7 Å². The van der Waals surface area contributed by atoms with Crippen LogP contribution in [0.25, 0.3) is 0 Å². The van der Waals surface area contributed by atoms with E-state index in [1.54, 1.807) is 4.90 Å². The number of amides is 1. The maximum Gasteiger partial charge on any atom is 0.410 e. The largest absolute Gasteiger partial charge is 0.444 e. The van der Waals surface area contributed by atoms with Crippen LogP contribution in [0.3, 0.4) is 0 Å². The van der Waals surface area contributed by atoms with Gasteiger partial charge in [-0.3, -0.25) is 0 Å². The highest BCUT2D eigenvalue weighted by atomic mass is 16.6. The lowest BCUT2D eigenvalue weighted by Gasteiger charge is -2.38. The number of nitrogens with zero attached hydrogens (tertiary/aromatic N) is 1. The van der Waals surface area contributed by atoms with Crippen molar-refractivity contribution in [2.75, 3.05) is 13.7 Å². The molecule has 0 spiro atoms. The van der Waals surface area contributed by atoms with Gasteiger partial charge in [-0.1, -0.05) is 6.08 Å². The summed E-state index contributed by atoms with van der Waals surface area (Å²) in [5, 5.41) is 9.24. The van der Waals surface area contributed by atoms with Gasteiger partial charge in [-0.05, 0) is 64.7 Å². The SMILES string of the molecule is C=CC[C@H](C1CCC(CO)CC1)N(C)C(=O)OC(C)(C)C. The van der Waals surface area contributed by atoms with Gasteiger partial charge in [0.15, 0.2) is 0 Å². The predicted octanol–water partition coefficient (Wildman–Crippen LogP) is 3.60. The average molecular weight is 297 g/mol. The second-order valence-electron chi connectivity index (χ2n) is 7.15. The summed E-state index contributed by atoms with van der Waals surface area (Å²) in [6.45, 7) is 9.75. The number of ether oxygens (including phenoxy) is 1. The lowest BCUT2D eigenvalue weighted by Crippen LogP contribution is -2.45. The Hall–Kier alpha value is -1.03. The summed E-state index contributed by atoms with van der Waals surface area (Å²) in [6.07, 6.45) is 6.58. The van der Waals surface area contributed by atoms with E-state index in [4.69, 9.17) is 4.74 Å². The first-order chi connectivity index (χ1) is 9.78. The summed E-state index contributed by atoms with van der Waals surface area (Å²) in [6, 6.07) is 0.136. The average Bonchev–Trinajstić information content (AvgIpc) is 2.42. The van der Waals surface area contributed by atoms with Crippen molar-refractivity contribution in [3.63, 3.8) is 0 Å². The molecule has 0 unspecified atom stereocenters. The summed E-state index contributed by atoms with van der Waals surface area (Å²) in [4.78, 5) is 14.0. The molecule has 4 nitrogen and oxygen atoms in total. The van der Waals surface area contributed by atoms with Crippen molar-refractivity contribution in [2.45, 2.75) is 64.5 Å². The zero-order valence-corrected chi connectivity index (χ0v) is 14.0. The van der Waals surface area contributed by atoms with Gasteiger partial charge in [-0.25, -0.2) is 4.79 Å². The molecule has 1 aliphatic rings. The van der Waals surface area contributed by atoms with E-state index >= 15 is 0 Å². The molecule has 0 radical (unpaired) electrons. The number of aliphatic hydroxyl groups excluding tert-OH is 1. The fraction of sp³-hybridized carbons (Fsp3) is 0.824. The van der Waals surface area contributed by atoms with Crippen LogP contribution in [0.5, 0.6) is 0 Å². The van der Waals surface area contributed by atoms with Crippen molar-refractivity contribution in [3.05, 3.63) is 12.7 Å². The fourth-order valence-electron chi connectivity index (χ4n) is 3.06. The molecule has 1 rings (SSSR count). The van der Waals surface area contributed by atoms with Gasteiger partial charge in [-0.15, -0.1) is 6.58 Å². The van der Waals surface area contributed by atoms with Crippen LogP contribution in [0.4, 0.5) is 4.79 Å². The quantitative estimate of drug-likeness (QED) is 0.789. The molecule has 1 saturated carbocycles. The Morgan fingerprint density at radius 1 is 1.38 bits per heavy atom. The molecule has 0 aliphatic heterocycles. The third kappa shape index (κ3) is 5.70. The Kier molecular flexibility index (Phi) is 6.72. The molecule has 0 aromatic carbocycles. The van der Waals surface area contributed by atoms with Crippen molar-refractivity contribution in [2.24, 2.45) is 11.8 Å². The normalized spacial score (nSPS) is 24.2. The van der Waals surface area contributed by atoms with E-state index in [0.29, 0.717) is 11.8 Å². The molecule has 1 aliphatic carbocycles. The van der Waals surface area contributed by atoms with Crippen LogP contribution in [0, 0.1) is 11.8 Å². The first-order valence-corrected chi connectivity index (χ1v) is 7.96. The number of aliphatic hydroxyl groups is 1. The second-order valence-corrected chi connectivity index (χ2v) is 7.15. The zero-order chi connectivity index (χ0) is 16.0. The Balaban J connectivity index is 2.67. The minimum atomic E-state index is -0.474. The molecule has 1 fully saturated rings. The third-order valence-corrected chi connectivity index (χ3v) is 4.28. The highest BCUT2D eigenvalue weighted by Gasteiger charge is 2.32. The zero-order valence-electron chi connectivity index (χ0n) is 14.0. The Morgan fingerprint density at radius 2 is 1.95 bits per heavy atom. The molecule has 21 heavy (non-hydrogen) atoms. The van der Waals surface area contributed by atoms with Gasteiger partial charge in [0, 0.05) is 19.7 Å². The monoisotopic (exact) mass is 297 g/mol. The molecule has 0 aromatic heterocycles. The third-order valence-electron chi connectivity index (χ3n) is 4.28. The van der Waals surface area contributed by atoms with Crippen molar-refractivity contribution in [3.8, 4) is 0 Å². The summed E-state index contributed by atoms with van der Waals surface area (Å²) in [7, 11) is 1.82. The number of carbonyl (C=O) groups excluding carboxylic acids is 1. The molecule has 1 N–H and O–H groups in total. The summed E-state index contributed by atoms with van der Waals surface area (Å²) < 4.78 is 5.47. The van der Waals surface area contributed by atoms with Crippen LogP contribution in [0.1, 0.15) is 52.9 Å². The van der Waals surface area contributed by atoms with Gasteiger partial charge in [0.2, 0.25) is 0 Å². The van der Waals surface area contributed by atoms with E-state index < -0.39 is 5.60 Å². The van der Waals surface area contributed by atoms with Gasteiger partial charge >= 0.3 is 6.09 Å². The van der Waals surface area contributed by atoms with E-state index in [1.807, 2.05) is 33.9 Å². The van der Waals surface area contributed by atoms with Crippen LogP contribution >= 0.6 is 0 Å². The lowest BCUT2D eigenvalue weighted by atomic mass is 9.77. The van der Waals surface area contributed by atoms with Gasteiger partial charge in [0.05, 0.1) is 0 Å². The summed E-state index contributed by atoms with van der Waals surface area (Å²) in [5.74, 6) is 0.890. The van der Waals surface area contributed by atoms with Gasteiger partial charge in [-0.2, -0.15) is 0 Å².